The van der Waals surface area contributed by atoms with Gasteiger partial charge in [-0.2, -0.15) is 0 Å². The molecular weight excluding hydrogens is 230 g/mol. The Balaban J connectivity index is 1.38. The summed E-state index contributed by atoms with van der Waals surface area (Å²) in [4.78, 5) is 7.14. The molecular formula is C13H21N3O2. The van der Waals surface area contributed by atoms with Gasteiger partial charge in [-0.25, -0.2) is 4.98 Å². The first-order chi connectivity index (χ1) is 8.86. The molecule has 1 aliphatic heterocycles. The SMILES string of the molecule is c1ncc(CCNC2CCC3(CC2)OCCO3)[nH]1. The van der Waals surface area contributed by atoms with E-state index >= 15 is 0 Å². The minimum Gasteiger partial charge on any atom is -0.348 e. The van der Waals surface area contributed by atoms with Crippen molar-refractivity contribution in [1.29, 1.82) is 0 Å². The molecule has 18 heavy (non-hydrogen) atoms. The lowest BCUT2D eigenvalue weighted by Crippen LogP contribution is -2.42. The van der Waals surface area contributed by atoms with Gasteiger partial charge in [-0.15, -0.1) is 0 Å². The summed E-state index contributed by atoms with van der Waals surface area (Å²) in [5, 5.41) is 3.61. The summed E-state index contributed by atoms with van der Waals surface area (Å²) in [5.74, 6) is -0.235. The van der Waals surface area contributed by atoms with Gasteiger partial charge >= 0.3 is 0 Å². The van der Waals surface area contributed by atoms with Crippen LogP contribution in [0.2, 0.25) is 0 Å². The Kier molecular flexibility index (Phi) is 3.63. The molecule has 3 rings (SSSR count). The van der Waals surface area contributed by atoms with Crippen molar-refractivity contribution < 1.29 is 9.47 Å². The second-order valence-electron chi connectivity index (χ2n) is 5.16. The van der Waals surface area contributed by atoms with Gasteiger partial charge in [0, 0.05) is 43.7 Å². The molecule has 0 unspecified atom stereocenters. The third kappa shape index (κ3) is 2.74. The highest BCUT2D eigenvalue weighted by Crippen LogP contribution is 2.35. The van der Waals surface area contributed by atoms with E-state index in [0.29, 0.717) is 6.04 Å². The number of hydrogen-bond donors (Lipinski definition) is 2. The molecule has 5 heteroatoms. The molecule has 0 atom stereocenters. The van der Waals surface area contributed by atoms with E-state index in [-0.39, 0.29) is 5.79 Å². The van der Waals surface area contributed by atoms with Gasteiger partial charge in [-0.05, 0) is 12.8 Å². The van der Waals surface area contributed by atoms with Crippen LogP contribution in [0.5, 0.6) is 0 Å². The molecule has 0 radical (unpaired) electrons. The summed E-state index contributed by atoms with van der Waals surface area (Å²) in [6.07, 6.45) is 8.95. The third-order valence-corrected chi connectivity index (χ3v) is 3.94. The number of nitrogens with zero attached hydrogens (tertiary/aromatic N) is 1. The molecule has 0 bridgehead atoms. The smallest absolute Gasteiger partial charge is 0.168 e. The van der Waals surface area contributed by atoms with Gasteiger partial charge < -0.3 is 19.8 Å². The van der Waals surface area contributed by atoms with Gasteiger partial charge in [-0.1, -0.05) is 0 Å². The second kappa shape index (κ2) is 5.38. The van der Waals surface area contributed by atoms with Crippen molar-refractivity contribution in [3.63, 3.8) is 0 Å². The van der Waals surface area contributed by atoms with Crippen molar-refractivity contribution in [1.82, 2.24) is 15.3 Å². The molecule has 0 aromatic carbocycles. The largest absolute Gasteiger partial charge is 0.348 e. The number of H-pyrrole nitrogens is 1. The van der Waals surface area contributed by atoms with Gasteiger partial charge in [0.15, 0.2) is 5.79 Å². The van der Waals surface area contributed by atoms with Crippen molar-refractivity contribution in [3.05, 3.63) is 18.2 Å². The van der Waals surface area contributed by atoms with E-state index < -0.39 is 0 Å². The lowest BCUT2D eigenvalue weighted by Gasteiger charge is -2.35. The van der Waals surface area contributed by atoms with E-state index in [0.717, 1.165) is 51.9 Å². The van der Waals surface area contributed by atoms with Crippen LogP contribution in [0.4, 0.5) is 0 Å². The van der Waals surface area contributed by atoms with Crippen LogP contribution in [-0.2, 0) is 15.9 Å². The van der Waals surface area contributed by atoms with E-state index in [1.54, 1.807) is 6.33 Å². The lowest BCUT2D eigenvalue weighted by molar-refractivity contribution is -0.179. The van der Waals surface area contributed by atoms with Crippen LogP contribution >= 0.6 is 0 Å². The van der Waals surface area contributed by atoms with Crippen molar-refractivity contribution in [3.8, 4) is 0 Å². The van der Waals surface area contributed by atoms with E-state index in [1.807, 2.05) is 6.20 Å². The van der Waals surface area contributed by atoms with Gasteiger partial charge in [-0.3, -0.25) is 0 Å². The molecule has 2 aliphatic rings. The predicted molar refractivity (Wildman–Crippen MR) is 67.2 cm³/mol. The standard InChI is InChI=1S/C13H21N3O2/c1-4-13(17-7-8-18-13)5-2-11(1)15-6-3-12-9-14-10-16-12/h9-11,15H,1-8H2,(H,14,16). The molecule has 1 saturated carbocycles. The van der Waals surface area contributed by atoms with Crippen LogP contribution in [0.1, 0.15) is 31.4 Å². The molecule has 1 spiro atoms. The summed E-state index contributed by atoms with van der Waals surface area (Å²) in [6.45, 7) is 2.53. The molecule has 2 heterocycles. The van der Waals surface area contributed by atoms with Gasteiger partial charge in [0.1, 0.15) is 0 Å². The fourth-order valence-corrected chi connectivity index (χ4v) is 2.88. The number of rotatable bonds is 4. The third-order valence-electron chi connectivity index (χ3n) is 3.94. The Morgan fingerprint density at radius 2 is 2.11 bits per heavy atom. The fourth-order valence-electron chi connectivity index (χ4n) is 2.88. The van der Waals surface area contributed by atoms with Crippen molar-refractivity contribution in [2.24, 2.45) is 0 Å². The second-order valence-corrected chi connectivity index (χ2v) is 5.16. The van der Waals surface area contributed by atoms with Gasteiger partial charge in [0.2, 0.25) is 0 Å². The zero-order valence-corrected chi connectivity index (χ0v) is 10.7. The number of ether oxygens (including phenoxy) is 2. The molecule has 100 valence electrons. The van der Waals surface area contributed by atoms with Crippen LogP contribution in [0.3, 0.4) is 0 Å². The van der Waals surface area contributed by atoms with E-state index in [2.05, 4.69) is 15.3 Å². The highest BCUT2D eigenvalue weighted by molar-refractivity contribution is 4.95. The molecule has 1 aromatic heterocycles. The number of hydrogen-bond acceptors (Lipinski definition) is 4. The summed E-state index contributed by atoms with van der Waals surface area (Å²) in [7, 11) is 0. The highest BCUT2D eigenvalue weighted by Gasteiger charge is 2.39. The minimum absolute atomic E-state index is 0.235. The number of aromatic nitrogens is 2. The number of aromatic amines is 1. The Hall–Kier alpha value is -0.910. The predicted octanol–water partition coefficient (Wildman–Crippen LogP) is 1.23. The van der Waals surface area contributed by atoms with Crippen LogP contribution in [0.15, 0.2) is 12.5 Å². The molecule has 2 N–H and O–H groups in total. The Bertz CT molecular complexity index is 350. The maximum absolute atomic E-state index is 5.73. The van der Waals surface area contributed by atoms with E-state index in [4.69, 9.17) is 9.47 Å². The van der Waals surface area contributed by atoms with Crippen LogP contribution in [0.25, 0.3) is 0 Å². The molecule has 1 saturated heterocycles. The molecule has 0 amide bonds. The maximum Gasteiger partial charge on any atom is 0.168 e. The van der Waals surface area contributed by atoms with E-state index in [1.165, 1.54) is 5.69 Å². The van der Waals surface area contributed by atoms with Crippen molar-refractivity contribution >= 4 is 0 Å². The zero-order valence-electron chi connectivity index (χ0n) is 10.7. The average Bonchev–Trinajstić information content (AvgIpc) is 3.04. The van der Waals surface area contributed by atoms with Gasteiger partial charge in [0.25, 0.3) is 0 Å². The van der Waals surface area contributed by atoms with E-state index in [9.17, 15) is 0 Å². The molecule has 5 nitrogen and oxygen atoms in total. The number of nitrogens with one attached hydrogen (secondary N) is 2. The summed E-state index contributed by atoms with van der Waals surface area (Å²) in [5.41, 5.74) is 1.19. The molecule has 2 fully saturated rings. The lowest BCUT2D eigenvalue weighted by atomic mass is 9.90. The van der Waals surface area contributed by atoms with Crippen molar-refractivity contribution in [2.75, 3.05) is 19.8 Å². The first-order valence-electron chi connectivity index (χ1n) is 6.85. The van der Waals surface area contributed by atoms with Crippen LogP contribution in [-0.4, -0.2) is 41.6 Å². The van der Waals surface area contributed by atoms with Gasteiger partial charge in [0.05, 0.1) is 19.5 Å². The normalized spacial score (nSPS) is 23.8. The van der Waals surface area contributed by atoms with Crippen LogP contribution < -0.4 is 5.32 Å². The summed E-state index contributed by atoms with van der Waals surface area (Å²) >= 11 is 0. The number of imidazole rings is 1. The topological polar surface area (TPSA) is 59.2 Å². The van der Waals surface area contributed by atoms with Crippen molar-refractivity contribution in [2.45, 2.75) is 43.9 Å². The average molecular weight is 251 g/mol. The monoisotopic (exact) mass is 251 g/mol. The molecule has 1 aromatic rings. The Morgan fingerprint density at radius 1 is 1.33 bits per heavy atom. The fraction of sp³-hybridized carbons (Fsp3) is 0.769. The molecule has 1 aliphatic carbocycles. The first-order valence-corrected chi connectivity index (χ1v) is 6.85. The quantitative estimate of drug-likeness (QED) is 0.845. The minimum atomic E-state index is -0.235. The Morgan fingerprint density at radius 3 is 2.78 bits per heavy atom. The highest BCUT2D eigenvalue weighted by atomic mass is 16.7. The summed E-state index contributed by atoms with van der Waals surface area (Å²) in [6, 6.07) is 0.603. The first kappa shape index (κ1) is 12.1. The van der Waals surface area contributed by atoms with Crippen LogP contribution in [0, 0.1) is 0 Å². The maximum atomic E-state index is 5.73. The zero-order chi connectivity index (χ0) is 12.3. The Labute approximate surface area is 107 Å². The summed E-state index contributed by atoms with van der Waals surface area (Å²) < 4.78 is 11.5.